The quantitative estimate of drug-likeness (QED) is 0.849. The predicted octanol–water partition coefficient (Wildman–Crippen LogP) is 4.58. The van der Waals surface area contributed by atoms with Gasteiger partial charge in [0.1, 0.15) is 0 Å². The van der Waals surface area contributed by atoms with Crippen LogP contribution in [-0.2, 0) is 6.42 Å². The van der Waals surface area contributed by atoms with Crippen molar-refractivity contribution in [3.8, 4) is 0 Å². The van der Waals surface area contributed by atoms with Crippen LogP contribution in [0.4, 0.5) is 0 Å². The molecule has 1 aliphatic rings. The van der Waals surface area contributed by atoms with E-state index in [1.165, 1.54) is 31.2 Å². The van der Waals surface area contributed by atoms with Crippen LogP contribution in [0.15, 0.2) is 22.9 Å². The summed E-state index contributed by atoms with van der Waals surface area (Å²) in [7, 11) is 0. The normalized spacial score (nSPS) is 20.8. The largest absolute Gasteiger partial charge is 0.314 e. The van der Waals surface area contributed by atoms with Crippen LogP contribution in [0.5, 0.6) is 0 Å². The second-order valence-electron chi connectivity index (χ2n) is 6.88. The van der Waals surface area contributed by atoms with Gasteiger partial charge in [0.2, 0.25) is 0 Å². The Kier molecular flexibility index (Phi) is 5.62. The first kappa shape index (κ1) is 16.0. The number of rotatable bonds is 5. The first-order chi connectivity index (χ1) is 9.50. The molecule has 0 aliphatic heterocycles. The van der Waals surface area contributed by atoms with Gasteiger partial charge in [0.05, 0.1) is 0 Å². The van der Waals surface area contributed by atoms with Gasteiger partial charge in [-0.25, -0.2) is 0 Å². The van der Waals surface area contributed by atoms with Crippen molar-refractivity contribution in [1.29, 1.82) is 0 Å². The van der Waals surface area contributed by atoms with Crippen molar-refractivity contribution in [2.24, 2.45) is 11.3 Å². The van der Waals surface area contributed by atoms with Crippen molar-refractivity contribution >= 4 is 15.9 Å². The third-order valence-electron chi connectivity index (χ3n) is 4.64. The van der Waals surface area contributed by atoms with Gasteiger partial charge >= 0.3 is 0 Å². The second kappa shape index (κ2) is 7.04. The van der Waals surface area contributed by atoms with Crippen LogP contribution in [0.2, 0.25) is 0 Å². The summed E-state index contributed by atoms with van der Waals surface area (Å²) in [6.45, 7) is 8.07. The molecule has 0 spiro atoms. The highest BCUT2D eigenvalue weighted by Crippen LogP contribution is 2.39. The number of halogens is 1. The van der Waals surface area contributed by atoms with E-state index in [-0.39, 0.29) is 0 Å². The van der Waals surface area contributed by atoms with E-state index in [0.717, 1.165) is 23.4 Å². The number of nitrogens with one attached hydrogen (secondary N) is 1. The maximum absolute atomic E-state index is 4.29. The van der Waals surface area contributed by atoms with E-state index >= 15 is 0 Å². The van der Waals surface area contributed by atoms with Gasteiger partial charge in [-0.05, 0) is 77.5 Å². The van der Waals surface area contributed by atoms with Crippen molar-refractivity contribution in [3.05, 3.63) is 28.5 Å². The number of likely N-dealkylation sites (N-methyl/N-ethyl adjacent to an activating group) is 1. The van der Waals surface area contributed by atoms with E-state index in [1.54, 1.807) is 0 Å². The van der Waals surface area contributed by atoms with Crippen molar-refractivity contribution in [1.82, 2.24) is 10.3 Å². The molecule has 1 aromatic rings. The Balaban J connectivity index is 2.00. The zero-order valence-electron chi connectivity index (χ0n) is 13.0. The molecule has 1 fully saturated rings. The minimum Gasteiger partial charge on any atom is -0.314 e. The van der Waals surface area contributed by atoms with Crippen molar-refractivity contribution < 1.29 is 0 Å². The maximum atomic E-state index is 4.29. The smallest absolute Gasteiger partial charge is 0.0410 e. The molecule has 1 N–H and O–H groups in total. The van der Waals surface area contributed by atoms with Crippen LogP contribution in [0, 0.1) is 11.3 Å². The Morgan fingerprint density at radius 2 is 2.05 bits per heavy atom. The van der Waals surface area contributed by atoms with Gasteiger partial charge in [-0.15, -0.1) is 0 Å². The molecule has 0 aromatic carbocycles. The number of nitrogens with zero attached hydrogens (tertiary/aromatic N) is 1. The Hall–Kier alpha value is -0.410. The van der Waals surface area contributed by atoms with Gasteiger partial charge < -0.3 is 5.32 Å². The molecule has 2 nitrogen and oxygen atoms in total. The molecule has 3 heteroatoms. The predicted molar refractivity (Wildman–Crippen MR) is 88.8 cm³/mol. The molecule has 0 bridgehead atoms. The first-order valence-corrected chi connectivity index (χ1v) is 8.62. The monoisotopic (exact) mass is 338 g/mol. The molecule has 112 valence electrons. The lowest BCUT2D eigenvalue weighted by Gasteiger charge is -2.38. The van der Waals surface area contributed by atoms with Crippen LogP contribution in [0.25, 0.3) is 0 Å². The average Bonchev–Trinajstić information content (AvgIpc) is 2.38. The maximum Gasteiger partial charge on any atom is 0.0410 e. The number of hydrogen-bond acceptors (Lipinski definition) is 2. The highest BCUT2D eigenvalue weighted by Gasteiger charge is 2.31. The van der Waals surface area contributed by atoms with Crippen LogP contribution in [0.1, 0.15) is 52.0 Å². The summed E-state index contributed by atoms with van der Waals surface area (Å²) in [5.74, 6) is 0.807. The van der Waals surface area contributed by atoms with Gasteiger partial charge in [-0.2, -0.15) is 0 Å². The molecule has 1 atom stereocenters. The van der Waals surface area contributed by atoms with Crippen molar-refractivity contribution in [2.45, 2.75) is 58.9 Å². The standard InChI is InChI=1S/C17H27BrN2/c1-4-20-16(10-13-9-15(18)12-19-11-13)14-5-7-17(2,3)8-6-14/h9,11-12,14,16,20H,4-8,10H2,1-3H3. The van der Waals surface area contributed by atoms with Gasteiger partial charge in [0, 0.05) is 22.9 Å². The molecule has 1 heterocycles. The first-order valence-electron chi connectivity index (χ1n) is 7.83. The van der Waals surface area contributed by atoms with E-state index in [9.17, 15) is 0 Å². The van der Waals surface area contributed by atoms with E-state index in [1.807, 2.05) is 12.4 Å². The SMILES string of the molecule is CCNC(Cc1cncc(Br)c1)C1CCC(C)(C)CC1. The Labute approximate surface area is 131 Å². The number of pyridine rings is 1. The molecule has 0 saturated heterocycles. The number of hydrogen-bond donors (Lipinski definition) is 1. The van der Waals surface area contributed by atoms with Crippen LogP contribution in [-0.4, -0.2) is 17.6 Å². The van der Waals surface area contributed by atoms with Crippen molar-refractivity contribution in [3.63, 3.8) is 0 Å². The molecule has 0 radical (unpaired) electrons. The van der Waals surface area contributed by atoms with Crippen LogP contribution >= 0.6 is 15.9 Å². The fourth-order valence-corrected chi connectivity index (χ4v) is 3.73. The molecule has 1 aromatic heterocycles. The van der Waals surface area contributed by atoms with Gasteiger partial charge in [-0.3, -0.25) is 4.98 Å². The Morgan fingerprint density at radius 1 is 1.35 bits per heavy atom. The zero-order chi connectivity index (χ0) is 14.6. The molecule has 0 amide bonds. The summed E-state index contributed by atoms with van der Waals surface area (Å²) in [6.07, 6.45) is 10.4. The second-order valence-corrected chi connectivity index (χ2v) is 7.80. The lowest BCUT2D eigenvalue weighted by molar-refractivity contribution is 0.161. The molecule has 1 unspecified atom stereocenters. The summed E-state index contributed by atoms with van der Waals surface area (Å²) in [5, 5.41) is 3.70. The minimum atomic E-state index is 0.546. The molecule has 2 rings (SSSR count). The van der Waals surface area contributed by atoms with Gasteiger partial charge in [0.25, 0.3) is 0 Å². The summed E-state index contributed by atoms with van der Waals surface area (Å²) in [4.78, 5) is 4.29. The number of aromatic nitrogens is 1. The van der Waals surface area contributed by atoms with Crippen LogP contribution < -0.4 is 5.32 Å². The van der Waals surface area contributed by atoms with Crippen LogP contribution in [0.3, 0.4) is 0 Å². The third-order valence-corrected chi connectivity index (χ3v) is 5.07. The summed E-state index contributed by atoms with van der Waals surface area (Å²) in [5.41, 5.74) is 1.88. The minimum absolute atomic E-state index is 0.546. The van der Waals surface area contributed by atoms with E-state index in [0.29, 0.717) is 11.5 Å². The Bertz CT molecular complexity index is 421. The molecular weight excluding hydrogens is 312 g/mol. The fraction of sp³-hybridized carbons (Fsp3) is 0.706. The van der Waals surface area contributed by atoms with E-state index in [2.05, 4.69) is 53.1 Å². The molecule has 1 aliphatic carbocycles. The lowest BCUT2D eigenvalue weighted by Crippen LogP contribution is -2.40. The Morgan fingerprint density at radius 3 is 2.65 bits per heavy atom. The van der Waals surface area contributed by atoms with Gasteiger partial charge in [-0.1, -0.05) is 20.8 Å². The van der Waals surface area contributed by atoms with Crippen molar-refractivity contribution in [2.75, 3.05) is 6.54 Å². The topological polar surface area (TPSA) is 24.9 Å². The molecular formula is C17H27BrN2. The zero-order valence-corrected chi connectivity index (χ0v) is 14.5. The van der Waals surface area contributed by atoms with E-state index < -0.39 is 0 Å². The summed E-state index contributed by atoms with van der Waals surface area (Å²) in [6, 6.07) is 2.79. The summed E-state index contributed by atoms with van der Waals surface area (Å²) < 4.78 is 1.08. The summed E-state index contributed by atoms with van der Waals surface area (Å²) >= 11 is 3.52. The van der Waals surface area contributed by atoms with Gasteiger partial charge in [0.15, 0.2) is 0 Å². The highest BCUT2D eigenvalue weighted by molar-refractivity contribution is 9.10. The van der Waals surface area contributed by atoms with E-state index in [4.69, 9.17) is 0 Å². The highest BCUT2D eigenvalue weighted by atomic mass is 79.9. The fourth-order valence-electron chi connectivity index (χ4n) is 3.31. The molecule has 1 saturated carbocycles. The average molecular weight is 339 g/mol. The molecule has 20 heavy (non-hydrogen) atoms. The third kappa shape index (κ3) is 4.56. The lowest BCUT2D eigenvalue weighted by atomic mass is 9.70.